The van der Waals surface area contributed by atoms with Gasteiger partial charge >= 0.3 is 0 Å². The number of hydrogen-bond donors (Lipinski definition) is 3. The molecule has 2 saturated carbocycles. The van der Waals surface area contributed by atoms with Gasteiger partial charge in [-0.2, -0.15) is 0 Å². The van der Waals surface area contributed by atoms with E-state index in [2.05, 4.69) is 29.5 Å². The number of aromatic nitrogens is 1. The number of nitrogens with two attached hydrogens (primary N) is 1. The Morgan fingerprint density at radius 3 is 2.54 bits per heavy atom. The first-order valence-electron chi connectivity index (χ1n) is 9.73. The van der Waals surface area contributed by atoms with Crippen LogP contribution in [0.15, 0.2) is 28.1 Å². The van der Waals surface area contributed by atoms with Gasteiger partial charge in [-0.05, 0) is 37.8 Å². The van der Waals surface area contributed by atoms with Gasteiger partial charge in [0.15, 0.2) is 0 Å². The number of anilines is 1. The fourth-order valence-corrected chi connectivity index (χ4v) is 5.18. The smallest absolute Gasteiger partial charge is 0.276 e. The van der Waals surface area contributed by atoms with E-state index in [0.29, 0.717) is 12.1 Å². The molecular formula is C20H26ClN5O2. The number of fused-ring (bicyclic) bond motifs is 2. The summed E-state index contributed by atoms with van der Waals surface area (Å²) in [6, 6.07) is 1.58. The highest BCUT2D eigenvalue weighted by atomic mass is 35.5. The van der Waals surface area contributed by atoms with E-state index in [1.807, 2.05) is 6.08 Å². The van der Waals surface area contributed by atoms with Crippen molar-refractivity contribution in [2.45, 2.75) is 63.6 Å². The molecule has 0 radical (unpaired) electrons. The maximum absolute atomic E-state index is 13.5. The summed E-state index contributed by atoms with van der Waals surface area (Å²) in [5.41, 5.74) is 4.48. The molecule has 3 aliphatic rings. The summed E-state index contributed by atoms with van der Waals surface area (Å²) in [5.74, 6) is -0.283. The van der Waals surface area contributed by atoms with E-state index >= 15 is 0 Å². The highest BCUT2D eigenvalue weighted by molar-refractivity contribution is 6.34. The number of rotatable bonds is 4. The number of hydrogen-bond acceptors (Lipinski definition) is 4. The summed E-state index contributed by atoms with van der Waals surface area (Å²) in [5, 5.41) is 6.75. The Morgan fingerprint density at radius 2 is 1.96 bits per heavy atom. The molecule has 2 fully saturated rings. The zero-order valence-electron chi connectivity index (χ0n) is 16.2. The fraction of sp³-hybridized carbons (Fsp3) is 0.550. The van der Waals surface area contributed by atoms with Gasteiger partial charge < -0.3 is 16.4 Å². The number of pyridine rings is 1. The van der Waals surface area contributed by atoms with Crippen LogP contribution in [0.4, 0.5) is 5.69 Å². The highest BCUT2D eigenvalue weighted by Crippen LogP contribution is 2.55. The van der Waals surface area contributed by atoms with Crippen molar-refractivity contribution in [1.29, 1.82) is 0 Å². The van der Waals surface area contributed by atoms with Gasteiger partial charge in [-0.25, -0.2) is 4.99 Å². The number of nitrogens with zero attached hydrogens (tertiary/aromatic N) is 2. The first kappa shape index (κ1) is 19.1. The molecule has 0 aromatic carbocycles. The number of nitrogens with one attached hydrogen (secondary N) is 2. The van der Waals surface area contributed by atoms with Gasteiger partial charge in [-0.1, -0.05) is 38.3 Å². The van der Waals surface area contributed by atoms with E-state index in [0.717, 1.165) is 32.1 Å². The van der Waals surface area contributed by atoms with Crippen LogP contribution in [0.5, 0.6) is 0 Å². The second-order valence-electron chi connectivity index (χ2n) is 8.70. The average molecular weight is 404 g/mol. The quantitative estimate of drug-likeness (QED) is 0.531. The summed E-state index contributed by atoms with van der Waals surface area (Å²) in [7, 11) is 0. The van der Waals surface area contributed by atoms with E-state index in [4.69, 9.17) is 17.3 Å². The summed E-state index contributed by atoms with van der Waals surface area (Å²) in [4.78, 5) is 30.1. The number of carbonyl (C=O) groups is 1. The van der Waals surface area contributed by atoms with Crippen LogP contribution >= 0.6 is 11.6 Å². The standard InChI is InChI=1S/C20H26ClN5O2/c1-18(2)7-8-20(18)25-16(27)15-13(21)11-14(17(28)26(15)20)24-19(5-3-4-6-19)9-10-23-12-22/h9-12,24H,3-8H2,1-2H3,(H2,22,23)(H,25,27)/b10-9-. The zero-order valence-corrected chi connectivity index (χ0v) is 17.0. The Hall–Kier alpha value is -2.28. The molecule has 2 aliphatic carbocycles. The molecule has 4 N–H and O–H groups in total. The van der Waals surface area contributed by atoms with Gasteiger partial charge in [0.05, 0.1) is 16.9 Å². The van der Waals surface area contributed by atoms with Gasteiger partial charge in [0.1, 0.15) is 17.0 Å². The molecule has 28 heavy (non-hydrogen) atoms. The van der Waals surface area contributed by atoms with Gasteiger partial charge in [0.2, 0.25) is 0 Å². The molecule has 0 bridgehead atoms. The second kappa shape index (κ2) is 6.37. The predicted octanol–water partition coefficient (Wildman–Crippen LogP) is 2.94. The number of carbonyl (C=O) groups excluding carboxylic acids is 1. The first-order valence-corrected chi connectivity index (χ1v) is 10.1. The summed E-state index contributed by atoms with van der Waals surface area (Å²) < 4.78 is 1.59. The third-order valence-corrected chi connectivity index (χ3v) is 7.04. The van der Waals surface area contributed by atoms with Crippen molar-refractivity contribution in [2.24, 2.45) is 16.1 Å². The molecule has 1 atom stereocenters. The maximum atomic E-state index is 13.5. The van der Waals surface area contributed by atoms with Crippen LogP contribution in [-0.2, 0) is 5.66 Å². The SMILES string of the molecule is CC1(C)CCC12NC(=O)c1c(Cl)cc(NC3(/C=C\N=C/N)CCCC3)c(=O)n12. The fourth-order valence-electron chi connectivity index (χ4n) is 4.90. The maximum Gasteiger partial charge on any atom is 0.276 e. The van der Waals surface area contributed by atoms with Gasteiger partial charge in [-0.15, -0.1) is 0 Å². The van der Waals surface area contributed by atoms with Crippen LogP contribution in [0, 0.1) is 5.41 Å². The minimum atomic E-state index is -0.708. The Balaban J connectivity index is 1.81. The third-order valence-electron chi connectivity index (χ3n) is 6.75. The monoisotopic (exact) mass is 403 g/mol. The molecule has 1 amide bonds. The van der Waals surface area contributed by atoms with Crippen molar-refractivity contribution in [3.8, 4) is 0 Å². The minimum absolute atomic E-state index is 0.215. The van der Waals surface area contributed by atoms with Gasteiger partial charge in [0, 0.05) is 11.6 Å². The Bertz CT molecular complexity index is 943. The Kier molecular flexibility index (Phi) is 4.34. The van der Waals surface area contributed by atoms with Crippen molar-refractivity contribution < 1.29 is 4.79 Å². The van der Waals surface area contributed by atoms with Gasteiger partial charge in [-0.3, -0.25) is 14.2 Å². The van der Waals surface area contributed by atoms with Crippen LogP contribution in [0.2, 0.25) is 5.02 Å². The summed E-state index contributed by atoms with van der Waals surface area (Å²) in [6.07, 6.45) is 10.4. The molecular weight excluding hydrogens is 378 g/mol. The van der Waals surface area contributed by atoms with Crippen molar-refractivity contribution in [2.75, 3.05) is 5.32 Å². The normalized spacial score (nSPS) is 27.3. The topological polar surface area (TPSA) is 102 Å². The molecule has 1 spiro atoms. The molecule has 7 nitrogen and oxygen atoms in total. The number of halogens is 1. The van der Waals surface area contributed by atoms with E-state index in [1.165, 1.54) is 6.34 Å². The molecule has 150 valence electrons. The Morgan fingerprint density at radius 1 is 1.25 bits per heavy atom. The van der Waals surface area contributed by atoms with E-state index in [1.54, 1.807) is 16.8 Å². The van der Waals surface area contributed by atoms with Crippen molar-refractivity contribution in [3.63, 3.8) is 0 Å². The first-order chi connectivity index (χ1) is 13.3. The molecule has 2 heterocycles. The van der Waals surface area contributed by atoms with Crippen LogP contribution in [0.3, 0.4) is 0 Å². The third kappa shape index (κ3) is 2.59. The van der Waals surface area contributed by atoms with E-state index in [9.17, 15) is 9.59 Å². The van der Waals surface area contributed by atoms with Crippen LogP contribution in [0.1, 0.15) is 62.9 Å². The van der Waals surface area contributed by atoms with Crippen LogP contribution < -0.4 is 21.9 Å². The van der Waals surface area contributed by atoms with E-state index < -0.39 is 5.66 Å². The van der Waals surface area contributed by atoms with Crippen molar-refractivity contribution >= 4 is 29.5 Å². The van der Waals surface area contributed by atoms with Crippen molar-refractivity contribution in [1.82, 2.24) is 9.88 Å². The lowest BCUT2D eigenvalue weighted by Gasteiger charge is -2.54. The Labute approximate surface area is 169 Å². The minimum Gasteiger partial charge on any atom is -0.390 e. The summed E-state index contributed by atoms with van der Waals surface area (Å²) in [6.45, 7) is 4.14. The van der Waals surface area contributed by atoms with Crippen LogP contribution in [-0.4, -0.2) is 22.4 Å². The lowest BCUT2D eigenvalue weighted by atomic mass is 9.62. The lowest BCUT2D eigenvalue weighted by Crippen LogP contribution is -2.64. The van der Waals surface area contributed by atoms with E-state index in [-0.39, 0.29) is 33.1 Å². The van der Waals surface area contributed by atoms with Crippen molar-refractivity contribution in [3.05, 3.63) is 39.4 Å². The summed E-state index contributed by atoms with van der Waals surface area (Å²) >= 11 is 6.48. The molecule has 1 aromatic rings. The molecule has 0 saturated heterocycles. The molecule has 1 unspecified atom stereocenters. The lowest BCUT2D eigenvalue weighted by molar-refractivity contribution is -0.0501. The molecule has 1 aromatic heterocycles. The second-order valence-corrected chi connectivity index (χ2v) is 9.10. The number of amides is 1. The highest BCUT2D eigenvalue weighted by Gasteiger charge is 2.60. The number of aliphatic imine (C=N–C) groups is 1. The largest absolute Gasteiger partial charge is 0.390 e. The average Bonchev–Trinajstić information content (AvgIpc) is 3.23. The predicted molar refractivity (Wildman–Crippen MR) is 111 cm³/mol. The van der Waals surface area contributed by atoms with Crippen LogP contribution in [0.25, 0.3) is 0 Å². The molecule has 1 aliphatic heterocycles. The zero-order chi connectivity index (χ0) is 20.2. The van der Waals surface area contributed by atoms with Gasteiger partial charge in [0.25, 0.3) is 11.5 Å². The molecule has 4 rings (SSSR count). The molecule has 8 heteroatoms.